The summed E-state index contributed by atoms with van der Waals surface area (Å²) in [5.41, 5.74) is 1.67. The summed E-state index contributed by atoms with van der Waals surface area (Å²) in [7, 11) is 0. The second-order valence-corrected chi connectivity index (χ2v) is 7.96. The number of rotatable bonds is 6. The first kappa shape index (κ1) is 21.9. The first-order valence-corrected chi connectivity index (χ1v) is 10.6. The molecule has 32 heavy (non-hydrogen) atoms. The maximum atomic E-state index is 13.4. The van der Waals surface area contributed by atoms with Gasteiger partial charge in [0.05, 0.1) is 24.3 Å². The second-order valence-electron chi connectivity index (χ2n) is 7.16. The lowest BCUT2D eigenvalue weighted by Gasteiger charge is -2.23. The fourth-order valence-corrected chi connectivity index (χ4v) is 4.03. The topological polar surface area (TPSA) is 65.5 Å². The predicted molar refractivity (Wildman–Crippen MR) is 125 cm³/mol. The van der Waals surface area contributed by atoms with Gasteiger partial charge < -0.3 is 10.2 Å². The van der Waals surface area contributed by atoms with Gasteiger partial charge in [-0.3, -0.25) is 19.5 Å². The molecule has 162 valence electrons. The van der Waals surface area contributed by atoms with Crippen LogP contribution in [0.4, 0.5) is 15.8 Å². The van der Waals surface area contributed by atoms with Gasteiger partial charge in [-0.05, 0) is 66.8 Å². The first-order chi connectivity index (χ1) is 15.4. The SMILES string of the molecule is O=C(C[C@@H]1C(=O)N(c2cccc(Cl)c2)C(=S)N1Cc1ccccn1)Nc1ccc(F)cc1. The van der Waals surface area contributed by atoms with Gasteiger partial charge in [0, 0.05) is 16.9 Å². The zero-order valence-corrected chi connectivity index (χ0v) is 18.3. The molecule has 0 radical (unpaired) electrons. The number of thiocarbonyl (C=S) groups is 1. The third kappa shape index (κ3) is 4.76. The fraction of sp³-hybridized carbons (Fsp3) is 0.130. The molecule has 1 aliphatic rings. The largest absolute Gasteiger partial charge is 0.330 e. The van der Waals surface area contributed by atoms with Crippen LogP contribution in [0.15, 0.2) is 72.9 Å². The lowest BCUT2D eigenvalue weighted by molar-refractivity contribution is -0.124. The maximum Gasteiger partial charge on any atom is 0.256 e. The molecular weight excluding hydrogens is 451 g/mol. The number of anilines is 2. The molecule has 0 spiro atoms. The Balaban J connectivity index is 1.60. The number of aromatic nitrogens is 1. The van der Waals surface area contributed by atoms with Gasteiger partial charge in [-0.25, -0.2) is 4.39 Å². The summed E-state index contributed by atoms with van der Waals surface area (Å²) >= 11 is 11.7. The highest BCUT2D eigenvalue weighted by atomic mass is 35.5. The van der Waals surface area contributed by atoms with E-state index in [1.54, 1.807) is 41.4 Å². The van der Waals surface area contributed by atoms with Crippen LogP contribution in [-0.4, -0.2) is 32.9 Å². The summed E-state index contributed by atoms with van der Waals surface area (Å²) in [4.78, 5) is 33.5. The van der Waals surface area contributed by atoms with E-state index in [0.717, 1.165) is 0 Å². The number of carbonyl (C=O) groups is 2. The molecule has 1 saturated heterocycles. The van der Waals surface area contributed by atoms with Crippen molar-refractivity contribution in [2.45, 2.75) is 19.0 Å². The monoisotopic (exact) mass is 468 g/mol. The molecule has 0 bridgehead atoms. The van der Waals surface area contributed by atoms with Crippen molar-refractivity contribution < 1.29 is 14.0 Å². The third-order valence-electron chi connectivity index (χ3n) is 4.95. The van der Waals surface area contributed by atoms with Crippen LogP contribution in [0, 0.1) is 5.82 Å². The van der Waals surface area contributed by atoms with E-state index in [-0.39, 0.29) is 24.0 Å². The Labute approximate surface area is 194 Å². The van der Waals surface area contributed by atoms with E-state index < -0.39 is 17.8 Å². The van der Waals surface area contributed by atoms with Gasteiger partial charge in [-0.2, -0.15) is 0 Å². The number of nitrogens with zero attached hydrogens (tertiary/aromatic N) is 3. The molecule has 2 heterocycles. The molecule has 4 rings (SSSR count). The van der Waals surface area contributed by atoms with Gasteiger partial charge in [0.1, 0.15) is 11.9 Å². The van der Waals surface area contributed by atoms with E-state index in [0.29, 0.717) is 22.1 Å². The van der Waals surface area contributed by atoms with Crippen LogP contribution in [-0.2, 0) is 16.1 Å². The lowest BCUT2D eigenvalue weighted by Crippen LogP contribution is -2.37. The van der Waals surface area contributed by atoms with Crippen molar-refractivity contribution in [3.8, 4) is 0 Å². The quantitative estimate of drug-likeness (QED) is 0.543. The van der Waals surface area contributed by atoms with Crippen LogP contribution in [0.2, 0.25) is 5.02 Å². The van der Waals surface area contributed by atoms with Gasteiger partial charge in [-0.1, -0.05) is 23.7 Å². The molecule has 1 aromatic heterocycles. The molecule has 2 aromatic carbocycles. The minimum Gasteiger partial charge on any atom is -0.330 e. The molecule has 1 fully saturated rings. The molecule has 1 atom stereocenters. The van der Waals surface area contributed by atoms with Crippen molar-refractivity contribution >= 4 is 52.1 Å². The van der Waals surface area contributed by atoms with Crippen molar-refractivity contribution in [1.82, 2.24) is 9.88 Å². The van der Waals surface area contributed by atoms with Gasteiger partial charge in [-0.15, -0.1) is 0 Å². The van der Waals surface area contributed by atoms with Crippen LogP contribution in [0.5, 0.6) is 0 Å². The predicted octanol–water partition coefficient (Wildman–Crippen LogP) is 4.41. The Kier molecular flexibility index (Phi) is 6.43. The van der Waals surface area contributed by atoms with Crippen molar-refractivity contribution in [3.05, 3.63) is 89.5 Å². The molecule has 1 aliphatic heterocycles. The molecule has 9 heteroatoms. The van der Waals surface area contributed by atoms with E-state index in [4.69, 9.17) is 23.8 Å². The van der Waals surface area contributed by atoms with Gasteiger partial charge >= 0.3 is 0 Å². The van der Waals surface area contributed by atoms with Crippen molar-refractivity contribution in [2.75, 3.05) is 10.2 Å². The lowest BCUT2D eigenvalue weighted by atomic mass is 10.1. The Morgan fingerprint density at radius 1 is 1.12 bits per heavy atom. The highest BCUT2D eigenvalue weighted by molar-refractivity contribution is 7.80. The van der Waals surface area contributed by atoms with E-state index in [1.807, 2.05) is 12.1 Å². The van der Waals surface area contributed by atoms with Gasteiger partial charge in [0.2, 0.25) is 5.91 Å². The number of nitrogens with one attached hydrogen (secondary N) is 1. The van der Waals surface area contributed by atoms with Crippen LogP contribution < -0.4 is 10.2 Å². The average Bonchev–Trinajstić information content (AvgIpc) is 3.00. The van der Waals surface area contributed by atoms with Crippen molar-refractivity contribution in [3.63, 3.8) is 0 Å². The molecule has 1 N–H and O–H groups in total. The van der Waals surface area contributed by atoms with Gasteiger partial charge in [0.15, 0.2) is 5.11 Å². The molecule has 3 aromatic rings. The molecular formula is C23H18ClFN4O2S. The molecule has 0 unspecified atom stereocenters. The number of carbonyl (C=O) groups excluding carboxylic acids is 2. The van der Waals surface area contributed by atoms with E-state index >= 15 is 0 Å². The summed E-state index contributed by atoms with van der Waals surface area (Å²) in [6.07, 6.45) is 1.52. The van der Waals surface area contributed by atoms with E-state index in [1.165, 1.54) is 29.2 Å². The minimum atomic E-state index is -0.830. The Hall–Kier alpha value is -3.36. The standard InChI is InChI=1S/C23H18ClFN4O2S/c24-15-4-3-6-19(12-15)29-22(31)20(13-21(30)27-17-9-7-16(25)8-10-17)28(23(29)32)14-18-5-1-2-11-26-18/h1-12,20H,13-14H2,(H,27,30)/t20-/m1/s1. The molecule has 0 saturated carbocycles. The highest BCUT2D eigenvalue weighted by Crippen LogP contribution is 2.30. The Morgan fingerprint density at radius 2 is 1.91 bits per heavy atom. The molecule has 6 nitrogen and oxygen atoms in total. The van der Waals surface area contributed by atoms with Crippen LogP contribution in [0.3, 0.4) is 0 Å². The fourth-order valence-electron chi connectivity index (χ4n) is 3.45. The Morgan fingerprint density at radius 3 is 2.59 bits per heavy atom. The van der Waals surface area contributed by atoms with E-state index in [2.05, 4.69) is 10.3 Å². The number of hydrogen-bond acceptors (Lipinski definition) is 4. The number of amides is 2. The summed E-state index contributed by atoms with van der Waals surface area (Å²) in [6, 6.07) is 16.8. The van der Waals surface area contributed by atoms with Crippen molar-refractivity contribution in [1.29, 1.82) is 0 Å². The number of hydrogen-bond donors (Lipinski definition) is 1. The second kappa shape index (κ2) is 9.42. The maximum absolute atomic E-state index is 13.4. The van der Waals surface area contributed by atoms with Crippen molar-refractivity contribution in [2.24, 2.45) is 0 Å². The first-order valence-electron chi connectivity index (χ1n) is 9.78. The minimum absolute atomic E-state index is 0.139. The van der Waals surface area contributed by atoms with Crippen LogP contribution in [0.25, 0.3) is 0 Å². The zero-order chi connectivity index (χ0) is 22.7. The summed E-state index contributed by atoms with van der Waals surface area (Å²) in [6.45, 7) is 0.261. The molecule has 0 aliphatic carbocycles. The summed E-state index contributed by atoms with van der Waals surface area (Å²) < 4.78 is 13.1. The van der Waals surface area contributed by atoms with E-state index in [9.17, 15) is 14.0 Å². The number of benzene rings is 2. The zero-order valence-electron chi connectivity index (χ0n) is 16.7. The van der Waals surface area contributed by atoms with Crippen LogP contribution in [0.1, 0.15) is 12.1 Å². The smallest absolute Gasteiger partial charge is 0.256 e. The average molecular weight is 469 g/mol. The highest BCUT2D eigenvalue weighted by Gasteiger charge is 2.44. The summed E-state index contributed by atoms with van der Waals surface area (Å²) in [5, 5.41) is 3.43. The van der Waals surface area contributed by atoms with Gasteiger partial charge in [0.25, 0.3) is 5.91 Å². The summed E-state index contributed by atoms with van der Waals surface area (Å²) in [5.74, 6) is -1.13. The third-order valence-corrected chi connectivity index (χ3v) is 5.60. The molecule has 2 amide bonds. The normalized spacial score (nSPS) is 15.9. The number of pyridine rings is 1. The number of halogens is 2. The van der Waals surface area contributed by atoms with Crippen LogP contribution >= 0.6 is 23.8 Å². The Bertz CT molecular complexity index is 1160.